The molecule has 0 aliphatic rings. The van der Waals surface area contributed by atoms with Gasteiger partial charge in [0.25, 0.3) is 0 Å². The largest absolute Gasteiger partial charge is 0.450 e. The molecule has 1 aromatic carbocycles. The van der Waals surface area contributed by atoms with Crippen LogP contribution < -0.4 is 15.4 Å². The number of hydrogen-bond donors (Lipinski definition) is 4. The second kappa shape index (κ2) is 7.83. The number of fused-ring (bicyclic) bond motifs is 1. The molecule has 2 amide bonds. The number of urea groups is 1. The SMILES string of the molecule is O=C(NCc1cn[nH]n1)Nc1cc(F)c(Oc2ccnc3[nH]cc(Br)c23)c(F)c1. The standard InChI is InChI=1S/C17H12BrF2N7O2/c18-10-7-22-16-14(10)13(1-2-21-16)29-15-11(19)3-8(4-12(15)20)25-17(28)23-5-9-6-24-27-26-9/h1-4,6-7H,5H2,(H,21,22)(H2,23,25,28)(H,24,26,27). The highest BCUT2D eigenvalue weighted by atomic mass is 79.9. The van der Waals surface area contributed by atoms with E-state index in [2.05, 4.69) is 51.9 Å². The molecule has 4 N–H and O–H groups in total. The maximum absolute atomic E-state index is 14.5. The number of halogens is 3. The number of H-pyrrole nitrogens is 2. The van der Waals surface area contributed by atoms with Crippen LogP contribution in [0.1, 0.15) is 5.69 Å². The van der Waals surface area contributed by atoms with Crippen molar-refractivity contribution in [3.63, 3.8) is 0 Å². The number of carbonyl (C=O) groups excluding carboxylic acids is 1. The van der Waals surface area contributed by atoms with Gasteiger partial charge in [-0.2, -0.15) is 15.4 Å². The predicted molar refractivity (Wildman–Crippen MR) is 102 cm³/mol. The number of anilines is 1. The van der Waals surface area contributed by atoms with Crippen molar-refractivity contribution in [3.05, 3.63) is 58.6 Å². The van der Waals surface area contributed by atoms with Gasteiger partial charge in [-0.3, -0.25) is 0 Å². The van der Waals surface area contributed by atoms with Gasteiger partial charge in [0.1, 0.15) is 17.1 Å². The van der Waals surface area contributed by atoms with Crippen LogP contribution in [-0.2, 0) is 6.54 Å². The third-order valence-electron chi connectivity index (χ3n) is 3.85. The van der Waals surface area contributed by atoms with Crippen LogP contribution in [-0.4, -0.2) is 31.4 Å². The topological polar surface area (TPSA) is 121 Å². The molecule has 0 saturated heterocycles. The number of nitrogens with one attached hydrogen (secondary N) is 4. The molecule has 0 radical (unpaired) electrons. The molecule has 0 spiro atoms. The highest BCUT2D eigenvalue weighted by Gasteiger charge is 2.18. The molecule has 29 heavy (non-hydrogen) atoms. The van der Waals surface area contributed by atoms with Crippen molar-refractivity contribution in [1.29, 1.82) is 0 Å². The fourth-order valence-corrected chi connectivity index (χ4v) is 3.07. The number of carbonyl (C=O) groups is 1. The smallest absolute Gasteiger partial charge is 0.319 e. The molecule has 0 aliphatic heterocycles. The molecule has 0 bridgehead atoms. The average molecular weight is 464 g/mol. The van der Waals surface area contributed by atoms with Crippen molar-refractivity contribution in [2.75, 3.05) is 5.32 Å². The van der Waals surface area contributed by atoms with E-state index in [1.54, 1.807) is 6.20 Å². The Balaban J connectivity index is 1.51. The monoisotopic (exact) mass is 463 g/mol. The molecule has 9 nitrogen and oxygen atoms in total. The second-order valence-corrected chi connectivity index (χ2v) is 6.66. The number of benzene rings is 1. The van der Waals surface area contributed by atoms with E-state index >= 15 is 0 Å². The molecule has 3 heterocycles. The number of aromatic amines is 2. The van der Waals surface area contributed by atoms with Gasteiger partial charge in [0.2, 0.25) is 0 Å². The van der Waals surface area contributed by atoms with Gasteiger partial charge in [0.15, 0.2) is 17.4 Å². The highest BCUT2D eigenvalue weighted by Crippen LogP contribution is 2.36. The van der Waals surface area contributed by atoms with Gasteiger partial charge in [-0.05, 0) is 22.0 Å². The van der Waals surface area contributed by atoms with E-state index in [1.807, 2.05) is 0 Å². The Morgan fingerprint density at radius 3 is 2.79 bits per heavy atom. The summed E-state index contributed by atoms with van der Waals surface area (Å²) in [5, 5.41) is 15.2. The van der Waals surface area contributed by atoms with Crippen molar-refractivity contribution in [3.8, 4) is 11.5 Å². The number of rotatable bonds is 5. The first-order valence-electron chi connectivity index (χ1n) is 8.19. The van der Waals surface area contributed by atoms with Gasteiger partial charge in [-0.15, -0.1) is 0 Å². The highest BCUT2D eigenvalue weighted by molar-refractivity contribution is 9.10. The molecule has 0 fully saturated rings. The summed E-state index contributed by atoms with van der Waals surface area (Å²) < 4.78 is 35.1. The van der Waals surface area contributed by atoms with Crippen molar-refractivity contribution in [1.82, 2.24) is 30.7 Å². The normalized spacial score (nSPS) is 10.9. The number of hydrogen-bond acceptors (Lipinski definition) is 5. The Morgan fingerprint density at radius 1 is 1.28 bits per heavy atom. The van der Waals surface area contributed by atoms with Gasteiger partial charge in [-0.25, -0.2) is 18.6 Å². The predicted octanol–water partition coefficient (Wildman–Crippen LogP) is 3.84. The van der Waals surface area contributed by atoms with Gasteiger partial charge < -0.3 is 20.4 Å². The lowest BCUT2D eigenvalue weighted by Crippen LogP contribution is -2.28. The molecule has 3 aromatic heterocycles. The molecular formula is C17H12BrF2N7O2. The summed E-state index contributed by atoms with van der Waals surface area (Å²) in [5.74, 6) is -2.34. The van der Waals surface area contributed by atoms with Crippen LogP contribution in [0.15, 0.2) is 41.3 Å². The molecule has 0 atom stereocenters. The minimum atomic E-state index is -0.978. The molecule has 12 heteroatoms. The molecule has 0 saturated carbocycles. The van der Waals surface area contributed by atoms with Crippen molar-refractivity contribution in [2.24, 2.45) is 0 Å². The van der Waals surface area contributed by atoms with Gasteiger partial charge >= 0.3 is 6.03 Å². The minimum Gasteiger partial charge on any atom is -0.450 e. The summed E-state index contributed by atoms with van der Waals surface area (Å²) in [7, 11) is 0. The summed E-state index contributed by atoms with van der Waals surface area (Å²) in [6.07, 6.45) is 4.53. The lowest BCUT2D eigenvalue weighted by atomic mass is 10.2. The first-order chi connectivity index (χ1) is 14.0. The molecule has 0 unspecified atom stereocenters. The van der Waals surface area contributed by atoms with Crippen LogP contribution in [0.4, 0.5) is 19.3 Å². The van der Waals surface area contributed by atoms with E-state index in [4.69, 9.17) is 4.74 Å². The summed E-state index contributed by atoms with van der Waals surface area (Å²) in [6.45, 7) is 0.0953. The lowest BCUT2D eigenvalue weighted by Gasteiger charge is -2.12. The van der Waals surface area contributed by atoms with Crippen molar-refractivity contribution >= 4 is 38.7 Å². The van der Waals surface area contributed by atoms with E-state index in [0.29, 0.717) is 21.2 Å². The minimum absolute atomic E-state index is 0.0762. The maximum Gasteiger partial charge on any atom is 0.319 e. The van der Waals surface area contributed by atoms with Crippen LogP contribution in [0.25, 0.3) is 11.0 Å². The Morgan fingerprint density at radius 2 is 2.07 bits per heavy atom. The van der Waals surface area contributed by atoms with E-state index in [9.17, 15) is 13.6 Å². The first-order valence-corrected chi connectivity index (χ1v) is 8.98. The third kappa shape index (κ3) is 4.01. The summed E-state index contributed by atoms with van der Waals surface area (Å²) in [5.41, 5.74) is 0.922. The molecule has 148 valence electrons. The fourth-order valence-electron chi connectivity index (χ4n) is 2.57. The summed E-state index contributed by atoms with van der Waals surface area (Å²) >= 11 is 3.33. The fraction of sp³-hybridized carbons (Fsp3) is 0.0588. The van der Waals surface area contributed by atoms with E-state index < -0.39 is 23.4 Å². The zero-order chi connectivity index (χ0) is 20.4. The van der Waals surface area contributed by atoms with E-state index in [0.717, 1.165) is 12.1 Å². The zero-order valence-electron chi connectivity index (χ0n) is 14.5. The average Bonchev–Trinajstić information content (AvgIpc) is 3.33. The van der Waals surface area contributed by atoms with Gasteiger partial charge in [-0.1, -0.05) is 0 Å². The van der Waals surface area contributed by atoms with E-state index in [1.165, 1.54) is 18.5 Å². The lowest BCUT2D eigenvalue weighted by molar-refractivity contribution is 0.251. The zero-order valence-corrected chi connectivity index (χ0v) is 16.0. The van der Waals surface area contributed by atoms with E-state index in [-0.39, 0.29) is 18.0 Å². The van der Waals surface area contributed by atoms with Crippen LogP contribution >= 0.6 is 15.9 Å². The Labute approximate surface area is 170 Å². The van der Waals surface area contributed by atoms with Crippen LogP contribution in [0, 0.1) is 11.6 Å². The first kappa shape index (κ1) is 18.8. The Hall–Kier alpha value is -3.54. The number of amides is 2. The molecule has 4 rings (SSSR count). The molecule has 0 aliphatic carbocycles. The number of ether oxygens (including phenoxy) is 1. The number of nitrogens with zero attached hydrogens (tertiary/aromatic N) is 3. The van der Waals surface area contributed by atoms with Crippen LogP contribution in [0.2, 0.25) is 0 Å². The quantitative estimate of drug-likeness (QED) is 0.358. The molecular weight excluding hydrogens is 452 g/mol. The van der Waals surface area contributed by atoms with Crippen molar-refractivity contribution < 1.29 is 18.3 Å². The number of aromatic nitrogens is 5. The number of pyridine rings is 1. The van der Waals surface area contributed by atoms with Crippen LogP contribution in [0.3, 0.4) is 0 Å². The van der Waals surface area contributed by atoms with Gasteiger partial charge in [0, 0.05) is 34.7 Å². The Kier molecular flexibility index (Phi) is 5.08. The van der Waals surface area contributed by atoms with Crippen molar-refractivity contribution in [2.45, 2.75) is 6.54 Å². The summed E-state index contributed by atoms with van der Waals surface area (Å²) in [4.78, 5) is 18.9. The van der Waals surface area contributed by atoms with Gasteiger partial charge in [0.05, 0.1) is 18.1 Å². The molecule has 4 aromatic rings. The van der Waals surface area contributed by atoms with Crippen LogP contribution in [0.5, 0.6) is 11.5 Å². The maximum atomic E-state index is 14.5. The Bertz CT molecular complexity index is 1160. The third-order valence-corrected chi connectivity index (χ3v) is 4.48. The summed E-state index contributed by atoms with van der Waals surface area (Å²) in [6, 6.07) is 2.74. The second-order valence-electron chi connectivity index (χ2n) is 5.81.